The average Bonchev–Trinajstić information content (AvgIpc) is 2.96. The fraction of sp³-hybridized carbons (Fsp3) is 0.111. The minimum Gasteiger partial charge on any atom is -0.350 e. The van der Waals surface area contributed by atoms with Gasteiger partial charge in [0.2, 0.25) is 0 Å². The first kappa shape index (κ1) is 17.2. The zero-order valence-electron chi connectivity index (χ0n) is 14.1. The first-order valence-electron chi connectivity index (χ1n) is 7.78. The minimum absolute atomic E-state index is 0.0682. The van der Waals surface area contributed by atoms with Crippen LogP contribution in [0.2, 0.25) is 0 Å². The molecule has 8 nitrogen and oxygen atoms in total. The smallest absolute Gasteiger partial charge is 0.272 e. The van der Waals surface area contributed by atoms with Crippen LogP contribution in [0.1, 0.15) is 26.3 Å². The normalized spacial score (nSPS) is 10.5. The highest BCUT2D eigenvalue weighted by atomic mass is 16.6. The number of aromatic nitrogens is 1. The van der Waals surface area contributed by atoms with Gasteiger partial charge in [-0.15, -0.1) is 0 Å². The highest BCUT2D eigenvalue weighted by molar-refractivity contribution is 6.08. The molecule has 0 radical (unpaired) electrons. The Morgan fingerprint density at radius 3 is 2.46 bits per heavy atom. The van der Waals surface area contributed by atoms with Crippen LogP contribution in [0, 0.1) is 17.0 Å². The summed E-state index contributed by atoms with van der Waals surface area (Å²) < 4.78 is 1.83. The van der Waals surface area contributed by atoms with Gasteiger partial charge in [-0.1, -0.05) is 18.2 Å². The molecule has 26 heavy (non-hydrogen) atoms. The van der Waals surface area contributed by atoms with E-state index in [1.54, 1.807) is 13.1 Å². The third kappa shape index (κ3) is 3.12. The average molecular weight is 352 g/mol. The maximum absolute atomic E-state index is 12.4. The van der Waals surface area contributed by atoms with Crippen molar-refractivity contribution in [3.8, 4) is 0 Å². The summed E-state index contributed by atoms with van der Waals surface area (Å²) in [6, 6.07) is 11.4. The van der Waals surface area contributed by atoms with Crippen LogP contribution in [0.25, 0.3) is 10.9 Å². The molecule has 0 bridgehead atoms. The summed E-state index contributed by atoms with van der Waals surface area (Å²) >= 11 is 0. The van der Waals surface area contributed by atoms with Gasteiger partial charge in [-0.3, -0.25) is 30.6 Å². The van der Waals surface area contributed by atoms with E-state index in [4.69, 9.17) is 0 Å². The van der Waals surface area contributed by atoms with E-state index >= 15 is 0 Å². The summed E-state index contributed by atoms with van der Waals surface area (Å²) in [6.07, 6.45) is 1.68. The first-order chi connectivity index (χ1) is 12.4. The molecule has 1 aromatic heterocycles. The molecule has 0 fully saturated rings. The summed E-state index contributed by atoms with van der Waals surface area (Å²) in [5.41, 5.74) is 6.54. The fourth-order valence-corrected chi connectivity index (χ4v) is 2.78. The van der Waals surface area contributed by atoms with Gasteiger partial charge in [-0.25, -0.2) is 0 Å². The third-order valence-corrected chi connectivity index (χ3v) is 4.09. The van der Waals surface area contributed by atoms with Crippen molar-refractivity contribution in [1.29, 1.82) is 0 Å². The third-order valence-electron chi connectivity index (χ3n) is 4.09. The van der Waals surface area contributed by atoms with Crippen molar-refractivity contribution >= 4 is 28.4 Å². The molecule has 3 rings (SSSR count). The van der Waals surface area contributed by atoms with Crippen molar-refractivity contribution in [3.05, 3.63) is 75.5 Å². The van der Waals surface area contributed by atoms with Crippen LogP contribution in [0.3, 0.4) is 0 Å². The van der Waals surface area contributed by atoms with E-state index in [1.807, 2.05) is 35.9 Å². The van der Waals surface area contributed by atoms with E-state index in [0.717, 1.165) is 10.9 Å². The Morgan fingerprint density at radius 1 is 1.08 bits per heavy atom. The molecular formula is C18H16N4O4. The first-order valence-corrected chi connectivity index (χ1v) is 7.78. The van der Waals surface area contributed by atoms with Crippen LogP contribution in [0.5, 0.6) is 0 Å². The molecule has 2 aromatic carbocycles. The van der Waals surface area contributed by atoms with Gasteiger partial charge in [0.1, 0.15) is 0 Å². The summed E-state index contributed by atoms with van der Waals surface area (Å²) in [6.45, 7) is 1.55. The number of para-hydroxylation sites is 1. The second kappa shape index (κ2) is 6.67. The topological polar surface area (TPSA) is 106 Å². The lowest BCUT2D eigenvalue weighted by Gasteiger charge is -2.07. The van der Waals surface area contributed by atoms with E-state index in [1.165, 1.54) is 18.2 Å². The highest BCUT2D eigenvalue weighted by Gasteiger charge is 2.16. The lowest BCUT2D eigenvalue weighted by Crippen LogP contribution is -2.41. The number of nitrogens with one attached hydrogen (secondary N) is 2. The monoisotopic (exact) mass is 352 g/mol. The molecule has 132 valence electrons. The largest absolute Gasteiger partial charge is 0.350 e. The number of carbonyl (C=O) groups excluding carboxylic acids is 2. The summed E-state index contributed by atoms with van der Waals surface area (Å²) in [4.78, 5) is 34.9. The lowest BCUT2D eigenvalue weighted by atomic mass is 10.1. The number of nitro groups is 1. The molecule has 2 N–H and O–H groups in total. The van der Waals surface area contributed by atoms with Gasteiger partial charge in [-0.2, -0.15) is 0 Å². The van der Waals surface area contributed by atoms with Crippen molar-refractivity contribution < 1.29 is 14.5 Å². The van der Waals surface area contributed by atoms with Gasteiger partial charge < -0.3 is 4.57 Å². The number of carbonyl (C=O) groups is 2. The van der Waals surface area contributed by atoms with Crippen LogP contribution in [0.15, 0.2) is 48.7 Å². The Kier molecular flexibility index (Phi) is 4.40. The molecule has 3 aromatic rings. The molecule has 0 atom stereocenters. The van der Waals surface area contributed by atoms with Gasteiger partial charge >= 0.3 is 0 Å². The number of aryl methyl sites for hydroxylation is 2. The minimum atomic E-state index is -0.559. The number of rotatable bonds is 3. The van der Waals surface area contributed by atoms with Crippen molar-refractivity contribution in [2.75, 3.05) is 0 Å². The standard InChI is InChI=1S/C18H16N4O4/c1-11-9-12(7-8-15(11)22(25)26)17(23)19-20-18(24)14-10-21(2)16-6-4-3-5-13(14)16/h3-10H,1-2H3,(H,19,23)(H,20,24). The Balaban J connectivity index is 1.74. The predicted molar refractivity (Wildman–Crippen MR) is 95.7 cm³/mol. The Hall–Kier alpha value is -3.68. The zero-order chi connectivity index (χ0) is 18.8. The maximum Gasteiger partial charge on any atom is 0.272 e. The number of amides is 2. The van der Waals surface area contributed by atoms with Gasteiger partial charge in [0.15, 0.2) is 0 Å². The number of hydrazine groups is 1. The SMILES string of the molecule is Cc1cc(C(=O)NNC(=O)c2cn(C)c3ccccc23)ccc1[N+](=O)[O-]. The van der Waals surface area contributed by atoms with E-state index < -0.39 is 16.7 Å². The molecule has 0 aliphatic heterocycles. The molecule has 0 aliphatic carbocycles. The van der Waals surface area contributed by atoms with Gasteiger partial charge in [0, 0.05) is 41.3 Å². The second-order valence-corrected chi connectivity index (χ2v) is 5.84. The second-order valence-electron chi connectivity index (χ2n) is 5.84. The number of hydrogen-bond acceptors (Lipinski definition) is 4. The number of benzene rings is 2. The highest BCUT2D eigenvalue weighted by Crippen LogP contribution is 2.20. The van der Waals surface area contributed by atoms with Crippen LogP contribution in [-0.4, -0.2) is 21.3 Å². The van der Waals surface area contributed by atoms with Crippen molar-refractivity contribution in [1.82, 2.24) is 15.4 Å². The van der Waals surface area contributed by atoms with Crippen molar-refractivity contribution in [3.63, 3.8) is 0 Å². The number of nitro benzene ring substituents is 1. The van der Waals surface area contributed by atoms with Gasteiger partial charge in [0.25, 0.3) is 17.5 Å². The molecule has 0 saturated heterocycles. The van der Waals surface area contributed by atoms with Crippen LogP contribution < -0.4 is 10.9 Å². The molecule has 1 heterocycles. The van der Waals surface area contributed by atoms with Gasteiger partial charge in [-0.05, 0) is 25.1 Å². The Morgan fingerprint density at radius 2 is 1.77 bits per heavy atom. The quantitative estimate of drug-likeness (QED) is 0.558. The maximum atomic E-state index is 12.4. The summed E-state index contributed by atoms with van der Waals surface area (Å²) in [5, 5.41) is 11.6. The predicted octanol–water partition coefficient (Wildman–Crippen LogP) is 2.47. The molecule has 0 saturated carbocycles. The van der Waals surface area contributed by atoms with Crippen molar-refractivity contribution in [2.45, 2.75) is 6.92 Å². The Labute approximate surface area is 148 Å². The van der Waals surface area contributed by atoms with Gasteiger partial charge in [0.05, 0.1) is 10.5 Å². The number of fused-ring (bicyclic) bond motifs is 1. The molecule has 0 aliphatic rings. The molecular weight excluding hydrogens is 336 g/mol. The van der Waals surface area contributed by atoms with E-state index in [-0.39, 0.29) is 11.3 Å². The Bertz CT molecular complexity index is 1040. The fourth-order valence-electron chi connectivity index (χ4n) is 2.78. The summed E-state index contributed by atoms with van der Waals surface area (Å²) in [7, 11) is 1.83. The van der Waals surface area contributed by atoms with E-state index in [9.17, 15) is 19.7 Å². The van der Waals surface area contributed by atoms with Crippen LogP contribution in [-0.2, 0) is 7.05 Å². The summed E-state index contributed by atoms with van der Waals surface area (Å²) in [5.74, 6) is -1.01. The zero-order valence-corrected chi connectivity index (χ0v) is 14.1. The molecule has 2 amide bonds. The lowest BCUT2D eigenvalue weighted by molar-refractivity contribution is -0.385. The van der Waals surface area contributed by atoms with Crippen molar-refractivity contribution in [2.24, 2.45) is 7.05 Å². The van der Waals surface area contributed by atoms with E-state index in [0.29, 0.717) is 11.1 Å². The van der Waals surface area contributed by atoms with Crippen LogP contribution in [0.4, 0.5) is 5.69 Å². The van der Waals surface area contributed by atoms with E-state index in [2.05, 4.69) is 10.9 Å². The number of hydrogen-bond donors (Lipinski definition) is 2. The van der Waals surface area contributed by atoms with Crippen LogP contribution >= 0.6 is 0 Å². The molecule has 0 unspecified atom stereocenters. The molecule has 0 spiro atoms. The number of nitrogens with zero attached hydrogens (tertiary/aromatic N) is 2. The molecule has 8 heteroatoms.